The molecule has 2 amide bonds. The van der Waals surface area contributed by atoms with Crippen LogP contribution in [0.1, 0.15) is 13.8 Å². The molecule has 0 atom stereocenters. The standard InChI is InChI=1S/C22H19N6O3/c1-14(2)19(29)26-21-25-18-17(23-13-24-18)20(27-21)31-22(30)28(15-9-5-3-6-10-15)16-11-7-4-8-12-16/h3-12,14H,1-2H3,(H2,23,24,25,26,27,29). The zero-order valence-electron chi connectivity index (χ0n) is 16.9. The highest BCUT2D eigenvalue weighted by atomic mass is 16.6. The molecule has 0 bridgehead atoms. The largest absolute Gasteiger partial charge is 0.425 e. The molecule has 0 aliphatic heterocycles. The van der Waals surface area contributed by atoms with Gasteiger partial charge >= 0.3 is 6.09 Å². The number of fused-ring (bicyclic) bond motifs is 1. The Bertz CT molecular complexity index is 1170. The SMILES string of the molecule is CC(C)C(=O)Nc1nc(OC(=O)N(c2ccccc2)c2ccccc2)c2[nH][c]nc2n1. The summed E-state index contributed by atoms with van der Waals surface area (Å²) in [5.74, 6) is -0.630. The molecule has 0 aliphatic carbocycles. The first-order valence-electron chi connectivity index (χ1n) is 9.59. The predicted octanol–water partition coefficient (Wildman–Crippen LogP) is 4.08. The lowest BCUT2D eigenvalue weighted by Gasteiger charge is -2.22. The number of carbonyl (C=O) groups excluding carboxylic acids is 2. The number of H-pyrrole nitrogens is 1. The van der Waals surface area contributed by atoms with Crippen molar-refractivity contribution in [3.8, 4) is 5.88 Å². The van der Waals surface area contributed by atoms with Crippen molar-refractivity contribution in [1.82, 2.24) is 19.9 Å². The van der Waals surface area contributed by atoms with Crippen molar-refractivity contribution in [2.75, 3.05) is 10.2 Å². The normalized spacial score (nSPS) is 10.8. The van der Waals surface area contributed by atoms with E-state index in [1.165, 1.54) is 4.90 Å². The molecule has 2 N–H and O–H groups in total. The number of benzene rings is 2. The molecule has 155 valence electrons. The molecule has 2 heterocycles. The summed E-state index contributed by atoms with van der Waals surface area (Å²) in [7, 11) is 0. The maximum Gasteiger partial charge on any atom is 0.425 e. The molecule has 0 unspecified atom stereocenters. The first-order chi connectivity index (χ1) is 15.0. The molecule has 9 heteroatoms. The van der Waals surface area contributed by atoms with E-state index >= 15 is 0 Å². The maximum absolute atomic E-state index is 13.2. The minimum atomic E-state index is -0.687. The molecular weight excluding hydrogens is 396 g/mol. The van der Waals surface area contributed by atoms with Gasteiger partial charge in [0.15, 0.2) is 12.0 Å². The molecule has 0 spiro atoms. The van der Waals surface area contributed by atoms with Crippen LogP contribution in [-0.2, 0) is 4.79 Å². The van der Waals surface area contributed by atoms with Gasteiger partial charge in [-0.2, -0.15) is 9.97 Å². The van der Waals surface area contributed by atoms with Crippen molar-refractivity contribution < 1.29 is 14.3 Å². The highest BCUT2D eigenvalue weighted by Crippen LogP contribution is 2.28. The molecular formula is C22H19N6O3. The summed E-state index contributed by atoms with van der Waals surface area (Å²) in [4.78, 5) is 41.8. The van der Waals surface area contributed by atoms with E-state index in [4.69, 9.17) is 4.74 Å². The van der Waals surface area contributed by atoms with Gasteiger partial charge in [-0.05, 0) is 24.3 Å². The summed E-state index contributed by atoms with van der Waals surface area (Å²) in [6, 6.07) is 18.2. The van der Waals surface area contributed by atoms with Gasteiger partial charge < -0.3 is 9.72 Å². The lowest BCUT2D eigenvalue weighted by molar-refractivity contribution is -0.118. The monoisotopic (exact) mass is 415 g/mol. The number of imidazole rings is 1. The topological polar surface area (TPSA) is 113 Å². The van der Waals surface area contributed by atoms with E-state index in [1.807, 2.05) is 36.4 Å². The van der Waals surface area contributed by atoms with Crippen molar-refractivity contribution in [2.45, 2.75) is 13.8 Å². The number of rotatable bonds is 5. The number of nitrogens with one attached hydrogen (secondary N) is 2. The van der Waals surface area contributed by atoms with Crippen LogP contribution in [0.5, 0.6) is 5.88 Å². The van der Waals surface area contributed by atoms with Gasteiger partial charge in [0.2, 0.25) is 11.9 Å². The van der Waals surface area contributed by atoms with E-state index in [9.17, 15) is 9.59 Å². The first kappa shape index (κ1) is 20.0. The van der Waals surface area contributed by atoms with Crippen molar-refractivity contribution in [2.24, 2.45) is 5.92 Å². The number of aromatic amines is 1. The smallest absolute Gasteiger partial charge is 0.388 e. The van der Waals surface area contributed by atoms with Crippen molar-refractivity contribution >= 4 is 40.5 Å². The number of hydrogen-bond donors (Lipinski definition) is 2. The average Bonchev–Trinajstić information content (AvgIpc) is 3.24. The molecule has 9 nitrogen and oxygen atoms in total. The van der Waals surface area contributed by atoms with Crippen LogP contribution in [0.4, 0.5) is 22.1 Å². The van der Waals surface area contributed by atoms with Crippen LogP contribution in [0, 0.1) is 12.2 Å². The van der Waals surface area contributed by atoms with E-state index in [1.54, 1.807) is 38.1 Å². The van der Waals surface area contributed by atoms with Crippen LogP contribution in [0.3, 0.4) is 0 Å². The van der Waals surface area contributed by atoms with Gasteiger partial charge in [-0.15, -0.1) is 0 Å². The van der Waals surface area contributed by atoms with E-state index in [2.05, 4.69) is 31.6 Å². The number of ether oxygens (including phenoxy) is 1. The second-order valence-electron chi connectivity index (χ2n) is 6.92. The zero-order valence-corrected chi connectivity index (χ0v) is 16.9. The molecule has 4 aromatic rings. The van der Waals surface area contributed by atoms with Crippen LogP contribution in [0.2, 0.25) is 0 Å². The van der Waals surface area contributed by atoms with E-state index in [-0.39, 0.29) is 34.8 Å². The van der Waals surface area contributed by atoms with Gasteiger partial charge in [0.1, 0.15) is 5.52 Å². The average molecular weight is 415 g/mol. The molecule has 2 aromatic heterocycles. The minimum absolute atomic E-state index is 0.0135. The second-order valence-corrected chi connectivity index (χ2v) is 6.92. The first-order valence-corrected chi connectivity index (χ1v) is 9.59. The summed E-state index contributed by atoms with van der Waals surface area (Å²) in [5, 5.41) is 2.60. The molecule has 31 heavy (non-hydrogen) atoms. The number of aromatic nitrogens is 4. The summed E-state index contributed by atoms with van der Waals surface area (Å²) in [6.07, 6.45) is 1.87. The third kappa shape index (κ3) is 4.35. The Kier molecular flexibility index (Phi) is 5.57. The number of nitrogens with zero attached hydrogens (tertiary/aromatic N) is 4. The lowest BCUT2D eigenvalue weighted by atomic mass is 10.2. The Morgan fingerprint density at radius 3 is 2.19 bits per heavy atom. The summed E-state index contributed by atoms with van der Waals surface area (Å²) in [5.41, 5.74) is 1.74. The summed E-state index contributed by atoms with van der Waals surface area (Å²) in [6.45, 7) is 3.49. The van der Waals surface area contributed by atoms with Gasteiger partial charge in [-0.1, -0.05) is 50.2 Å². The van der Waals surface area contributed by atoms with Gasteiger partial charge in [0.25, 0.3) is 5.88 Å². The Morgan fingerprint density at radius 1 is 1.00 bits per heavy atom. The lowest BCUT2D eigenvalue weighted by Crippen LogP contribution is -2.29. The van der Waals surface area contributed by atoms with Gasteiger partial charge in [-0.3, -0.25) is 10.1 Å². The second kappa shape index (κ2) is 8.62. The van der Waals surface area contributed by atoms with E-state index in [0.29, 0.717) is 11.4 Å². The van der Waals surface area contributed by atoms with Crippen molar-refractivity contribution in [3.63, 3.8) is 0 Å². The van der Waals surface area contributed by atoms with Crippen LogP contribution < -0.4 is 15.0 Å². The Morgan fingerprint density at radius 2 is 1.61 bits per heavy atom. The highest BCUT2D eigenvalue weighted by molar-refractivity contribution is 5.98. The third-order valence-electron chi connectivity index (χ3n) is 4.35. The highest BCUT2D eigenvalue weighted by Gasteiger charge is 2.23. The maximum atomic E-state index is 13.2. The van der Waals surface area contributed by atoms with Crippen LogP contribution >= 0.6 is 0 Å². The van der Waals surface area contributed by atoms with Crippen LogP contribution in [-0.4, -0.2) is 31.9 Å². The third-order valence-corrected chi connectivity index (χ3v) is 4.35. The number of hydrogen-bond acceptors (Lipinski definition) is 6. The minimum Gasteiger partial charge on any atom is -0.388 e. The van der Waals surface area contributed by atoms with Crippen molar-refractivity contribution in [1.29, 1.82) is 0 Å². The summed E-state index contributed by atoms with van der Waals surface area (Å²) < 4.78 is 5.63. The fraction of sp³-hybridized carbons (Fsp3) is 0.136. The number of para-hydroxylation sites is 2. The number of anilines is 3. The van der Waals surface area contributed by atoms with Gasteiger partial charge in [0, 0.05) is 5.92 Å². The molecule has 0 saturated heterocycles. The fourth-order valence-electron chi connectivity index (χ4n) is 2.78. The van der Waals surface area contributed by atoms with Gasteiger partial charge in [0.05, 0.1) is 11.4 Å². The number of amides is 2. The Hall–Kier alpha value is -4.27. The molecule has 1 radical (unpaired) electrons. The molecule has 2 aromatic carbocycles. The Balaban J connectivity index is 1.70. The van der Waals surface area contributed by atoms with Gasteiger partial charge in [-0.25, -0.2) is 14.7 Å². The molecule has 0 fully saturated rings. The van der Waals surface area contributed by atoms with Crippen molar-refractivity contribution in [3.05, 3.63) is 67.0 Å². The molecule has 4 rings (SSSR count). The summed E-state index contributed by atoms with van der Waals surface area (Å²) >= 11 is 0. The van der Waals surface area contributed by atoms with E-state index < -0.39 is 6.09 Å². The molecule has 0 saturated carbocycles. The van der Waals surface area contributed by atoms with E-state index in [0.717, 1.165) is 0 Å². The van der Waals surface area contributed by atoms with Crippen LogP contribution in [0.15, 0.2) is 60.7 Å². The predicted molar refractivity (Wildman–Crippen MR) is 115 cm³/mol. The van der Waals surface area contributed by atoms with Crippen LogP contribution in [0.25, 0.3) is 11.2 Å². The Labute approximate surface area is 178 Å². The zero-order chi connectivity index (χ0) is 21.8. The fourth-order valence-corrected chi connectivity index (χ4v) is 2.78. The molecule has 0 aliphatic rings. The number of carbonyl (C=O) groups is 2. The quantitative estimate of drug-likeness (QED) is 0.508.